The van der Waals surface area contributed by atoms with Gasteiger partial charge in [0.25, 0.3) is 0 Å². The lowest BCUT2D eigenvalue weighted by Gasteiger charge is -2.26. The van der Waals surface area contributed by atoms with Crippen LogP contribution in [0.4, 0.5) is 0 Å². The highest BCUT2D eigenvalue weighted by Crippen LogP contribution is 2.35. The first-order valence-corrected chi connectivity index (χ1v) is 5.46. The van der Waals surface area contributed by atoms with E-state index < -0.39 is 11.5 Å². The summed E-state index contributed by atoms with van der Waals surface area (Å²) in [4.78, 5) is 11.4. The number of aliphatic carboxylic acids is 1. The van der Waals surface area contributed by atoms with E-state index in [9.17, 15) is 9.90 Å². The third kappa shape index (κ3) is 1.93. The van der Waals surface area contributed by atoms with Crippen LogP contribution in [0.2, 0.25) is 0 Å². The van der Waals surface area contributed by atoms with Crippen molar-refractivity contribution in [1.29, 1.82) is 0 Å². The highest BCUT2D eigenvalue weighted by atomic mass is 16.7. The Morgan fingerprint density at radius 2 is 2.18 bits per heavy atom. The number of hydrogen-bond donors (Lipinski definition) is 2. The number of fused-ring (bicyclic) bond motifs is 1. The van der Waals surface area contributed by atoms with Crippen molar-refractivity contribution in [1.82, 2.24) is 5.32 Å². The molecule has 1 heterocycles. The Balaban J connectivity index is 2.40. The highest BCUT2D eigenvalue weighted by molar-refractivity contribution is 5.80. The number of ether oxygens (including phenoxy) is 2. The molecule has 2 N–H and O–H groups in total. The molecule has 1 aromatic carbocycles. The zero-order valence-corrected chi connectivity index (χ0v) is 9.82. The Labute approximate surface area is 99.3 Å². The lowest BCUT2D eigenvalue weighted by Crippen LogP contribution is -2.46. The van der Waals surface area contributed by atoms with Crippen LogP contribution in [0.3, 0.4) is 0 Å². The first-order valence-electron chi connectivity index (χ1n) is 5.46. The van der Waals surface area contributed by atoms with E-state index in [1.807, 2.05) is 6.92 Å². The van der Waals surface area contributed by atoms with E-state index in [2.05, 4.69) is 5.32 Å². The van der Waals surface area contributed by atoms with Crippen LogP contribution in [0.5, 0.6) is 11.5 Å². The number of benzene rings is 1. The first kappa shape index (κ1) is 11.7. The molecule has 5 heteroatoms. The smallest absolute Gasteiger partial charge is 0.328 e. The molecule has 0 amide bonds. The minimum atomic E-state index is -1.12. The number of nitrogens with one attached hydrogen (secondary N) is 1. The Kier molecular flexibility index (Phi) is 2.93. The van der Waals surface area contributed by atoms with Crippen LogP contribution in [0.15, 0.2) is 18.2 Å². The Bertz CT molecular complexity index is 446. The minimum Gasteiger partial charge on any atom is -0.480 e. The fourth-order valence-electron chi connectivity index (χ4n) is 1.86. The van der Waals surface area contributed by atoms with Gasteiger partial charge in [0, 0.05) is 0 Å². The number of likely N-dealkylation sites (N-methyl/N-ethyl adjacent to an activating group) is 1. The van der Waals surface area contributed by atoms with Gasteiger partial charge in [0.15, 0.2) is 11.5 Å². The molecule has 0 radical (unpaired) electrons. The summed E-state index contributed by atoms with van der Waals surface area (Å²) in [6.45, 7) is 4.26. The molecular weight excluding hydrogens is 222 g/mol. The van der Waals surface area contributed by atoms with Gasteiger partial charge in [-0.1, -0.05) is 13.0 Å². The van der Waals surface area contributed by atoms with E-state index in [-0.39, 0.29) is 6.79 Å². The molecule has 1 atom stereocenters. The molecule has 0 aromatic heterocycles. The van der Waals surface area contributed by atoms with E-state index in [4.69, 9.17) is 9.47 Å². The summed E-state index contributed by atoms with van der Waals surface area (Å²) in [5, 5.41) is 12.3. The predicted molar refractivity (Wildman–Crippen MR) is 61.2 cm³/mol. The lowest BCUT2D eigenvalue weighted by atomic mass is 9.91. The minimum absolute atomic E-state index is 0.184. The summed E-state index contributed by atoms with van der Waals surface area (Å²) in [6, 6.07) is 5.18. The van der Waals surface area contributed by atoms with E-state index in [0.717, 1.165) is 0 Å². The largest absolute Gasteiger partial charge is 0.480 e. The van der Waals surface area contributed by atoms with Crippen molar-refractivity contribution in [3.8, 4) is 11.5 Å². The first-order chi connectivity index (χ1) is 8.08. The number of carboxylic acids is 1. The maximum Gasteiger partial charge on any atom is 0.328 e. The van der Waals surface area contributed by atoms with Crippen LogP contribution in [0, 0.1) is 0 Å². The van der Waals surface area contributed by atoms with Crippen LogP contribution in [0.1, 0.15) is 19.4 Å². The van der Waals surface area contributed by atoms with Crippen LogP contribution >= 0.6 is 0 Å². The van der Waals surface area contributed by atoms with Gasteiger partial charge in [-0.3, -0.25) is 5.32 Å². The molecule has 0 saturated heterocycles. The second-order valence-electron chi connectivity index (χ2n) is 4.03. The SMILES string of the molecule is CCNC(C)(C(=O)O)c1ccc2c(c1)OCO2. The Morgan fingerprint density at radius 1 is 1.47 bits per heavy atom. The van der Waals surface area contributed by atoms with Gasteiger partial charge in [0.2, 0.25) is 6.79 Å². The molecule has 0 fully saturated rings. The molecule has 0 saturated carbocycles. The van der Waals surface area contributed by atoms with Crippen LogP contribution < -0.4 is 14.8 Å². The average Bonchev–Trinajstić information content (AvgIpc) is 2.75. The normalized spacial score (nSPS) is 16.6. The molecule has 0 spiro atoms. The molecular formula is C12H15NO4. The standard InChI is InChI=1S/C12H15NO4/c1-3-13-12(2,11(14)15)8-4-5-9-10(6-8)17-7-16-9/h4-6,13H,3,7H2,1-2H3,(H,14,15). The van der Waals surface area contributed by atoms with Gasteiger partial charge in [0.05, 0.1) is 0 Å². The molecule has 5 nitrogen and oxygen atoms in total. The van der Waals surface area contributed by atoms with Gasteiger partial charge in [-0.05, 0) is 31.2 Å². The third-order valence-electron chi connectivity index (χ3n) is 2.91. The van der Waals surface area contributed by atoms with Crippen molar-refractivity contribution in [2.75, 3.05) is 13.3 Å². The quantitative estimate of drug-likeness (QED) is 0.826. The topological polar surface area (TPSA) is 67.8 Å². The maximum absolute atomic E-state index is 11.4. The number of hydrogen-bond acceptors (Lipinski definition) is 4. The van der Waals surface area contributed by atoms with E-state index in [1.54, 1.807) is 25.1 Å². The van der Waals surface area contributed by atoms with E-state index in [0.29, 0.717) is 23.6 Å². The van der Waals surface area contributed by atoms with Crippen molar-refractivity contribution in [3.05, 3.63) is 23.8 Å². The fourth-order valence-corrected chi connectivity index (χ4v) is 1.86. The summed E-state index contributed by atoms with van der Waals surface area (Å²) in [6.07, 6.45) is 0. The second-order valence-corrected chi connectivity index (χ2v) is 4.03. The zero-order chi connectivity index (χ0) is 12.5. The molecule has 1 aliphatic rings. The highest BCUT2D eigenvalue weighted by Gasteiger charge is 2.35. The van der Waals surface area contributed by atoms with Gasteiger partial charge < -0.3 is 14.6 Å². The number of carbonyl (C=O) groups is 1. The van der Waals surface area contributed by atoms with Gasteiger partial charge >= 0.3 is 5.97 Å². The van der Waals surface area contributed by atoms with Crippen LogP contribution in [-0.4, -0.2) is 24.4 Å². The lowest BCUT2D eigenvalue weighted by molar-refractivity contribution is -0.144. The molecule has 1 aliphatic heterocycles. The summed E-state index contributed by atoms with van der Waals surface area (Å²) in [7, 11) is 0. The van der Waals surface area contributed by atoms with E-state index in [1.165, 1.54) is 0 Å². The zero-order valence-electron chi connectivity index (χ0n) is 9.82. The maximum atomic E-state index is 11.4. The van der Waals surface area contributed by atoms with E-state index >= 15 is 0 Å². The molecule has 1 aromatic rings. The summed E-state index contributed by atoms with van der Waals surface area (Å²) >= 11 is 0. The van der Waals surface area contributed by atoms with Gasteiger partial charge in [-0.15, -0.1) is 0 Å². The fraction of sp³-hybridized carbons (Fsp3) is 0.417. The van der Waals surface area contributed by atoms with Crippen LogP contribution in [0.25, 0.3) is 0 Å². The average molecular weight is 237 g/mol. The second kappa shape index (κ2) is 4.25. The van der Waals surface area contributed by atoms with Gasteiger partial charge in [-0.25, -0.2) is 4.79 Å². The summed E-state index contributed by atoms with van der Waals surface area (Å²) in [5.74, 6) is 0.323. The van der Waals surface area contributed by atoms with Crippen LogP contribution in [-0.2, 0) is 10.3 Å². The predicted octanol–water partition coefficient (Wildman–Crippen LogP) is 1.32. The Hall–Kier alpha value is -1.75. The number of carboxylic acid groups (broad SMARTS) is 1. The van der Waals surface area contributed by atoms with Gasteiger partial charge in [-0.2, -0.15) is 0 Å². The molecule has 2 rings (SSSR count). The van der Waals surface area contributed by atoms with Crippen molar-refractivity contribution in [3.63, 3.8) is 0 Å². The molecule has 92 valence electrons. The molecule has 17 heavy (non-hydrogen) atoms. The molecule has 0 bridgehead atoms. The van der Waals surface area contributed by atoms with Crippen molar-refractivity contribution < 1.29 is 19.4 Å². The molecule has 0 aliphatic carbocycles. The summed E-state index contributed by atoms with van der Waals surface area (Å²) < 4.78 is 10.4. The Morgan fingerprint density at radius 3 is 2.82 bits per heavy atom. The summed E-state index contributed by atoms with van der Waals surface area (Å²) in [5.41, 5.74) is -0.466. The van der Waals surface area contributed by atoms with Crippen molar-refractivity contribution in [2.24, 2.45) is 0 Å². The van der Waals surface area contributed by atoms with Crippen molar-refractivity contribution in [2.45, 2.75) is 19.4 Å². The van der Waals surface area contributed by atoms with Crippen molar-refractivity contribution >= 4 is 5.97 Å². The monoisotopic (exact) mass is 237 g/mol. The third-order valence-corrected chi connectivity index (χ3v) is 2.91. The van der Waals surface area contributed by atoms with Gasteiger partial charge in [0.1, 0.15) is 5.54 Å². The number of rotatable bonds is 4. The molecule has 1 unspecified atom stereocenters.